The van der Waals surface area contributed by atoms with Crippen LogP contribution in [0.15, 0.2) is 65.1 Å². The molecule has 0 spiro atoms. The van der Waals surface area contributed by atoms with E-state index in [2.05, 4.69) is 10.6 Å². The van der Waals surface area contributed by atoms with Crippen molar-refractivity contribution in [1.82, 2.24) is 10.6 Å². The highest BCUT2D eigenvalue weighted by Gasteiger charge is 2.10. The zero-order chi connectivity index (χ0) is 20.8. The normalized spacial score (nSPS) is 10.6. The highest BCUT2D eigenvalue weighted by atomic mass is 35.5. The molecule has 29 heavy (non-hydrogen) atoms. The number of carbonyl (C=O) groups is 1. The maximum Gasteiger partial charge on any atom is 0.257 e. The van der Waals surface area contributed by atoms with Crippen molar-refractivity contribution >= 4 is 34.8 Å². The summed E-state index contributed by atoms with van der Waals surface area (Å²) in [6.45, 7) is 4.21. The third-order valence-electron chi connectivity index (χ3n) is 3.91. The molecule has 0 atom stereocenters. The summed E-state index contributed by atoms with van der Waals surface area (Å²) >= 11 is 11.1. The van der Waals surface area contributed by atoms with Crippen LogP contribution in [0.3, 0.4) is 0 Å². The van der Waals surface area contributed by atoms with Crippen molar-refractivity contribution in [2.24, 2.45) is 0 Å². The van der Waals surface area contributed by atoms with E-state index in [9.17, 15) is 4.79 Å². The zero-order valence-electron chi connectivity index (χ0n) is 16.1. The number of ether oxygens (including phenoxy) is 1. The molecule has 0 aliphatic carbocycles. The third-order valence-corrected chi connectivity index (χ3v) is 4.41. The molecule has 0 aliphatic rings. The largest absolute Gasteiger partial charge is 0.491 e. The van der Waals surface area contributed by atoms with E-state index >= 15 is 0 Å². The molecule has 1 heterocycles. The Morgan fingerprint density at radius 2 is 1.90 bits per heavy atom. The standard InChI is InChI=1S/C22H21ClN2O3S/c1-14(2)27-18-5-3-4-16(12-18)21(26)25-22(29)24-13-19-10-11-20(28-19)15-6-8-17(23)9-7-15/h3-12,14H,13H2,1-2H3,(H2,24,25,26,29). The van der Waals surface area contributed by atoms with Gasteiger partial charge in [0.1, 0.15) is 17.3 Å². The van der Waals surface area contributed by atoms with E-state index in [0.29, 0.717) is 28.6 Å². The molecule has 5 nitrogen and oxygen atoms in total. The highest BCUT2D eigenvalue weighted by Crippen LogP contribution is 2.23. The SMILES string of the molecule is CC(C)Oc1cccc(C(=O)NC(=S)NCc2ccc(-c3ccc(Cl)cc3)o2)c1. The summed E-state index contributed by atoms with van der Waals surface area (Å²) in [6, 6.07) is 18.1. The average molecular weight is 429 g/mol. The number of hydrogen-bond donors (Lipinski definition) is 2. The Kier molecular flexibility index (Phi) is 6.90. The third kappa shape index (κ3) is 6.07. The molecular weight excluding hydrogens is 408 g/mol. The van der Waals surface area contributed by atoms with Crippen molar-refractivity contribution in [3.05, 3.63) is 77.0 Å². The quantitative estimate of drug-likeness (QED) is 0.529. The molecule has 7 heteroatoms. The lowest BCUT2D eigenvalue weighted by molar-refractivity contribution is 0.0976. The molecule has 0 radical (unpaired) electrons. The molecule has 0 fully saturated rings. The Morgan fingerprint density at radius 3 is 2.62 bits per heavy atom. The van der Waals surface area contributed by atoms with Gasteiger partial charge in [0.2, 0.25) is 0 Å². The highest BCUT2D eigenvalue weighted by molar-refractivity contribution is 7.80. The number of carbonyl (C=O) groups excluding carboxylic acids is 1. The van der Waals surface area contributed by atoms with Crippen molar-refractivity contribution in [3.63, 3.8) is 0 Å². The van der Waals surface area contributed by atoms with Crippen molar-refractivity contribution in [2.45, 2.75) is 26.5 Å². The lowest BCUT2D eigenvalue weighted by Crippen LogP contribution is -2.38. The Balaban J connectivity index is 1.53. The summed E-state index contributed by atoms with van der Waals surface area (Å²) in [6.07, 6.45) is 0.0297. The first-order valence-electron chi connectivity index (χ1n) is 9.11. The molecule has 3 rings (SSSR count). The molecule has 1 amide bonds. The second kappa shape index (κ2) is 9.58. The van der Waals surface area contributed by atoms with E-state index in [-0.39, 0.29) is 17.1 Å². The summed E-state index contributed by atoms with van der Waals surface area (Å²) < 4.78 is 11.4. The number of amides is 1. The smallest absolute Gasteiger partial charge is 0.257 e. The van der Waals surface area contributed by atoms with E-state index in [0.717, 1.165) is 11.3 Å². The number of furan rings is 1. The monoisotopic (exact) mass is 428 g/mol. The Labute approximate surface area is 180 Å². The number of rotatable bonds is 6. The fourth-order valence-electron chi connectivity index (χ4n) is 2.61. The second-order valence-corrected chi connectivity index (χ2v) is 7.45. The van der Waals surface area contributed by atoms with Gasteiger partial charge < -0.3 is 14.5 Å². The molecule has 3 aromatic rings. The number of nitrogens with one attached hydrogen (secondary N) is 2. The van der Waals surface area contributed by atoms with Crippen LogP contribution in [0.5, 0.6) is 5.75 Å². The molecule has 150 valence electrons. The van der Waals surface area contributed by atoms with Crippen molar-refractivity contribution < 1.29 is 13.9 Å². The molecular formula is C22H21ClN2O3S. The van der Waals surface area contributed by atoms with Gasteiger partial charge in [-0.15, -0.1) is 0 Å². The van der Waals surface area contributed by atoms with Gasteiger partial charge in [0.05, 0.1) is 12.6 Å². The Bertz CT molecular complexity index is 999. The van der Waals surface area contributed by atoms with Crippen LogP contribution in [-0.4, -0.2) is 17.1 Å². The first kappa shape index (κ1) is 20.9. The summed E-state index contributed by atoms with van der Waals surface area (Å²) in [5.41, 5.74) is 1.40. The number of benzene rings is 2. The van der Waals surface area contributed by atoms with Crippen LogP contribution in [0, 0.1) is 0 Å². The zero-order valence-corrected chi connectivity index (χ0v) is 17.6. The number of halogens is 1. The summed E-state index contributed by atoms with van der Waals surface area (Å²) in [4.78, 5) is 12.4. The first-order chi connectivity index (χ1) is 13.9. The molecule has 1 aromatic heterocycles. The van der Waals surface area contributed by atoms with Crippen LogP contribution in [0.2, 0.25) is 5.02 Å². The Morgan fingerprint density at radius 1 is 1.14 bits per heavy atom. The van der Waals surface area contributed by atoms with Crippen molar-refractivity contribution in [3.8, 4) is 17.1 Å². The molecule has 0 saturated carbocycles. The maximum absolute atomic E-state index is 12.4. The fraction of sp³-hybridized carbons (Fsp3) is 0.182. The van der Waals surface area contributed by atoms with Gasteiger partial charge in [-0.3, -0.25) is 10.1 Å². The summed E-state index contributed by atoms with van der Waals surface area (Å²) in [5, 5.41) is 6.52. The first-order valence-corrected chi connectivity index (χ1v) is 9.90. The lowest BCUT2D eigenvalue weighted by Gasteiger charge is -2.12. The van der Waals surface area contributed by atoms with Gasteiger partial charge in [0, 0.05) is 16.1 Å². The molecule has 0 unspecified atom stereocenters. The van der Waals surface area contributed by atoms with Gasteiger partial charge in [-0.25, -0.2) is 0 Å². The second-order valence-electron chi connectivity index (χ2n) is 6.60. The van der Waals surface area contributed by atoms with E-state index < -0.39 is 0 Å². The summed E-state index contributed by atoms with van der Waals surface area (Å²) in [5.74, 6) is 1.75. The fourth-order valence-corrected chi connectivity index (χ4v) is 2.90. The minimum absolute atomic E-state index is 0.0297. The van der Waals surface area contributed by atoms with Crippen LogP contribution in [0.4, 0.5) is 0 Å². The van der Waals surface area contributed by atoms with E-state index in [1.165, 1.54) is 0 Å². The minimum atomic E-state index is -0.307. The van der Waals surface area contributed by atoms with Gasteiger partial charge in [0.15, 0.2) is 5.11 Å². The number of thiocarbonyl (C=S) groups is 1. The lowest BCUT2D eigenvalue weighted by atomic mass is 10.2. The molecule has 2 aromatic carbocycles. The van der Waals surface area contributed by atoms with E-state index in [1.54, 1.807) is 18.2 Å². The molecule has 0 aliphatic heterocycles. The van der Waals surface area contributed by atoms with Crippen molar-refractivity contribution in [1.29, 1.82) is 0 Å². The van der Waals surface area contributed by atoms with Gasteiger partial charge in [0.25, 0.3) is 5.91 Å². The topological polar surface area (TPSA) is 63.5 Å². The van der Waals surface area contributed by atoms with Crippen LogP contribution >= 0.6 is 23.8 Å². The Hall–Kier alpha value is -2.83. The van der Waals surface area contributed by atoms with E-state index in [1.807, 2.05) is 56.3 Å². The maximum atomic E-state index is 12.4. The van der Waals surface area contributed by atoms with Crippen LogP contribution in [0.1, 0.15) is 30.0 Å². The molecule has 0 saturated heterocycles. The van der Waals surface area contributed by atoms with Gasteiger partial charge in [-0.1, -0.05) is 17.7 Å². The van der Waals surface area contributed by atoms with E-state index in [4.69, 9.17) is 33.0 Å². The predicted molar refractivity (Wildman–Crippen MR) is 118 cm³/mol. The molecule has 0 bridgehead atoms. The predicted octanol–water partition coefficient (Wildman–Crippen LogP) is 5.19. The van der Waals surface area contributed by atoms with Gasteiger partial charge >= 0.3 is 0 Å². The minimum Gasteiger partial charge on any atom is -0.491 e. The van der Waals surface area contributed by atoms with Crippen molar-refractivity contribution in [2.75, 3.05) is 0 Å². The molecule has 2 N–H and O–H groups in total. The van der Waals surface area contributed by atoms with Gasteiger partial charge in [-0.2, -0.15) is 0 Å². The van der Waals surface area contributed by atoms with Crippen LogP contribution < -0.4 is 15.4 Å². The summed E-state index contributed by atoms with van der Waals surface area (Å²) in [7, 11) is 0. The van der Waals surface area contributed by atoms with Crippen LogP contribution in [-0.2, 0) is 6.54 Å². The average Bonchev–Trinajstić information content (AvgIpc) is 3.15. The van der Waals surface area contributed by atoms with Crippen LogP contribution in [0.25, 0.3) is 11.3 Å². The van der Waals surface area contributed by atoms with Gasteiger partial charge in [-0.05, 0) is 80.7 Å². The number of hydrogen-bond acceptors (Lipinski definition) is 4.